The number of nitrogens with one attached hydrogen (secondary N) is 1. The highest BCUT2D eigenvalue weighted by molar-refractivity contribution is 5.89. The lowest BCUT2D eigenvalue weighted by Crippen LogP contribution is -2.35. The minimum atomic E-state index is -1.42. The van der Waals surface area contributed by atoms with Crippen LogP contribution in [-0.4, -0.2) is 89.3 Å². The fourth-order valence-corrected chi connectivity index (χ4v) is 2.42. The van der Waals surface area contributed by atoms with Gasteiger partial charge in [0.2, 0.25) is 5.76 Å². The summed E-state index contributed by atoms with van der Waals surface area (Å²) in [5.41, 5.74) is 1.22. The van der Waals surface area contributed by atoms with E-state index < -0.39 is 42.4 Å². The van der Waals surface area contributed by atoms with Gasteiger partial charge >= 0.3 is 5.97 Å². The van der Waals surface area contributed by atoms with Crippen LogP contribution in [0, 0.1) is 0 Å². The van der Waals surface area contributed by atoms with Gasteiger partial charge in [-0.1, -0.05) is 26.0 Å². The van der Waals surface area contributed by atoms with E-state index in [9.17, 15) is 9.90 Å². The molecule has 0 saturated carbocycles. The third-order valence-electron chi connectivity index (χ3n) is 4.20. The highest BCUT2D eigenvalue weighted by atomic mass is 16.6. The lowest BCUT2D eigenvalue weighted by atomic mass is 10.1. The first-order chi connectivity index (χ1) is 14.7. The van der Waals surface area contributed by atoms with Crippen molar-refractivity contribution in [2.45, 2.75) is 44.6 Å². The Morgan fingerprint density at radius 2 is 1.81 bits per heavy atom. The van der Waals surface area contributed by atoms with Gasteiger partial charge in [-0.15, -0.1) is 0 Å². The highest BCUT2D eigenvalue weighted by Gasteiger charge is 2.38. The molecule has 2 rings (SSSR count). The molecule has 1 aromatic carbocycles. The van der Waals surface area contributed by atoms with Gasteiger partial charge < -0.3 is 45.1 Å². The fourth-order valence-electron chi connectivity index (χ4n) is 2.42. The SMILES string of the molecule is COCCc1ccc(OCC(O)CNC(C)C)cc1.O=C1O[C@H]([C@@H](O)CO)C(O)=C1O. The van der Waals surface area contributed by atoms with Gasteiger partial charge in [-0.3, -0.25) is 0 Å². The van der Waals surface area contributed by atoms with Crippen molar-refractivity contribution in [3.05, 3.63) is 41.3 Å². The van der Waals surface area contributed by atoms with Crippen LogP contribution in [0.2, 0.25) is 0 Å². The molecular weight excluding hydrogens is 410 g/mol. The molecule has 0 radical (unpaired) electrons. The number of methoxy groups -OCH3 is 1. The molecule has 0 bridgehead atoms. The van der Waals surface area contributed by atoms with Gasteiger partial charge in [-0.05, 0) is 24.1 Å². The predicted molar refractivity (Wildman–Crippen MR) is 112 cm³/mol. The van der Waals surface area contributed by atoms with Crippen molar-refractivity contribution >= 4 is 5.97 Å². The summed E-state index contributed by atoms with van der Waals surface area (Å²) >= 11 is 0. The van der Waals surface area contributed by atoms with Crippen molar-refractivity contribution in [3.8, 4) is 5.75 Å². The zero-order valence-electron chi connectivity index (χ0n) is 18.0. The Hall–Kier alpha value is -2.37. The monoisotopic (exact) mass is 443 g/mol. The number of aliphatic hydroxyl groups excluding tert-OH is 5. The maximum absolute atomic E-state index is 10.5. The number of carbonyl (C=O) groups is 1. The number of benzene rings is 1. The number of aliphatic hydroxyl groups is 5. The molecule has 1 heterocycles. The van der Waals surface area contributed by atoms with Gasteiger partial charge in [0.15, 0.2) is 11.9 Å². The average molecular weight is 443 g/mol. The maximum Gasteiger partial charge on any atom is 0.377 e. The summed E-state index contributed by atoms with van der Waals surface area (Å²) < 4.78 is 14.9. The van der Waals surface area contributed by atoms with Crippen LogP contribution in [0.25, 0.3) is 0 Å². The van der Waals surface area contributed by atoms with E-state index in [4.69, 9.17) is 29.9 Å². The van der Waals surface area contributed by atoms with E-state index in [-0.39, 0.29) is 0 Å². The lowest BCUT2D eigenvalue weighted by Gasteiger charge is -2.15. The normalized spacial score (nSPS) is 17.8. The second-order valence-electron chi connectivity index (χ2n) is 7.22. The average Bonchev–Trinajstić information content (AvgIpc) is 3.02. The summed E-state index contributed by atoms with van der Waals surface area (Å²) in [6, 6.07) is 8.26. The molecule has 1 aliphatic heterocycles. The Balaban J connectivity index is 0.000000343. The molecule has 176 valence electrons. The molecule has 1 aliphatic rings. The van der Waals surface area contributed by atoms with E-state index in [1.165, 1.54) is 5.56 Å². The van der Waals surface area contributed by atoms with Crippen molar-refractivity contribution in [1.82, 2.24) is 5.32 Å². The molecule has 0 amide bonds. The zero-order chi connectivity index (χ0) is 23.4. The van der Waals surface area contributed by atoms with Gasteiger partial charge in [-0.2, -0.15) is 0 Å². The van der Waals surface area contributed by atoms with Crippen LogP contribution in [0.15, 0.2) is 35.8 Å². The van der Waals surface area contributed by atoms with E-state index in [0.29, 0.717) is 19.2 Å². The van der Waals surface area contributed by atoms with Gasteiger partial charge in [0.1, 0.15) is 24.6 Å². The molecule has 31 heavy (non-hydrogen) atoms. The summed E-state index contributed by atoms with van der Waals surface area (Å²) in [7, 11) is 1.70. The Bertz CT molecular complexity index is 691. The van der Waals surface area contributed by atoms with Crippen LogP contribution in [-0.2, 0) is 20.7 Å². The van der Waals surface area contributed by atoms with E-state index in [2.05, 4.69) is 10.1 Å². The molecule has 0 aromatic heterocycles. The Morgan fingerprint density at radius 1 is 1.16 bits per heavy atom. The van der Waals surface area contributed by atoms with Gasteiger partial charge in [0.25, 0.3) is 0 Å². The smallest absolute Gasteiger partial charge is 0.377 e. The molecule has 0 saturated heterocycles. The van der Waals surface area contributed by atoms with Gasteiger partial charge in [-0.25, -0.2) is 4.79 Å². The summed E-state index contributed by atoms with van der Waals surface area (Å²) in [6.07, 6.45) is -2.37. The first-order valence-corrected chi connectivity index (χ1v) is 9.93. The van der Waals surface area contributed by atoms with Gasteiger partial charge in [0.05, 0.1) is 13.2 Å². The maximum atomic E-state index is 10.5. The van der Waals surface area contributed by atoms with Crippen molar-refractivity contribution in [2.24, 2.45) is 0 Å². The first kappa shape index (κ1) is 26.7. The number of hydrogen-bond acceptors (Lipinski definition) is 10. The van der Waals surface area contributed by atoms with Crippen LogP contribution >= 0.6 is 0 Å². The Morgan fingerprint density at radius 3 is 2.29 bits per heavy atom. The minimum absolute atomic E-state index is 0.303. The second kappa shape index (κ2) is 13.8. The quantitative estimate of drug-likeness (QED) is 0.261. The summed E-state index contributed by atoms with van der Waals surface area (Å²) in [6.45, 7) is 4.99. The number of rotatable bonds is 11. The number of ether oxygens (including phenoxy) is 3. The van der Waals surface area contributed by atoms with Crippen LogP contribution in [0.3, 0.4) is 0 Å². The third kappa shape index (κ3) is 9.53. The number of cyclic esters (lactones) is 1. The summed E-state index contributed by atoms with van der Waals surface area (Å²) in [4.78, 5) is 10.5. The second-order valence-corrected chi connectivity index (χ2v) is 7.22. The molecule has 10 heteroatoms. The zero-order valence-corrected chi connectivity index (χ0v) is 18.0. The molecule has 0 spiro atoms. The largest absolute Gasteiger partial charge is 0.505 e. The third-order valence-corrected chi connectivity index (χ3v) is 4.20. The molecule has 1 aromatic rings. The number of carbonyl (C=O) groups excluding carboxylic acids is 1. The Labute approximate surface area is 181 Å². The summed E-state index contributed by atoms with van der Waals surface area (Å²) in [5.74, 6) is -2.00. The summed E-state index contributed by atoms with van der Waals surface area (Å²) in [5, 5.41) is 47.9. The van der Waals surface area contributed by atoms with Crippen molar-refractivity contribution in [2.75, 3.05) is 33.5 Å². The fraction of sp³-hybridized carbons (Fsp3) is 0.571. The van der Waals surface area contributed by atoms with Crippen molar-refractivity contribution < 1.29 is 44.5 Å². The van der Waals surface area contributed by atoms with Crippen molar-refractivity contribution in [3.63, 3.8) is 0 Å². The molecular formula is C21H33NO9. The number of hydrogen-bond donors (Lipinski definition) is 6. The van der Waals surface area contributed by atoms with Crippen LogP contribution in [0.1, 0.15) is 19.4 Å². The first-order valence-electron chi connectivity index (χ1n) is 9.93. The minimum Gasteiger partial charge on any atom is -0.505 e. The van der Waals surface area contributed by atoms with Crippen LogP contribution < -0.4 is 10.1 Å². The van der Waals surface area contributed by atoms with Gasteiger partial charge in [0, 0.05) is 19.7 Å². The molecule has 6 N–H and O–H groups in total. The Kier molecular flexibility index (Phi) is 11.9. The number of esters is 1. The van der Waals surface area contributed by atoms with Crippen molar-refractivity contribution in [1.29, 1.82) is 0 Å². The topological polar surface area (TPSA) is 158 Å². The van der Waals surface area contributed by atoms with E-state index in [1.54, 1.807) is 7.11 Å². The van der Waals surface area contributed by atoms with Crippen LogP contribution in [0.4, 0.5) is 0 Å². The predicted octanol–water partition coefficient (Wildman–Crippen LogP) is 0.206. The highest BCUT2D eigenvalue weighted by Crippen LogP contribution is 2.20. The lowest BCUT2D eigenvalue weighted by molar-refractivity contribution is -0.147. The van der Waals surface area contributed by atoms with E-state index >= 15 is 0 Å². The molecule has 1 unspecified atom stereocenters. The molecule has 0 aliphatic carbocycles. The van der Waals surface area contributed by atoms with Crippen LogP contribution in [0.5, 0.6) is 5.75 Å². The standard InChI is InChI=1S/C15H25NO3.C6H8O6/c1-12(2)16-10-14(17)11-19-15-6-4-13(5-7-15)8-9-18-3;7-1-2(8)5-3(9)4(10)6(11)12-5/h4-7,12,14,16-17H,8-11H2,1-3H3;2,5,7-10H,1H2/t;2-,5+/m.0/s1. The molecule has 10 nitrogen and oxygen atoms in total. The van der Waals surface area contributed by atoms with E-state index in [1.807, 2.05) is 38.1 Å². The van der Waals surface area contributed by atoms with E-state index in [0.717, 1.165) is 18.8 Å². The molecule has 0 fully saturated rings. The molecule has 3 atom stereocenters.